The summed E-state index contributed by atoms with van der Waals surface area (Å²) in [5, 5.41) is 0. The van der Waals surface area contributed by atoms with Gasteiger partial charge in [-0.25, -0.2) is 0 Å². The molecule has 0 saturated carbocycles. The molecule has 0 N–H and O–H groups in total. The topological polar surface area (TPSA) is 79.4 Å². The van der Waals surface area contributed by atoms with Crippen molar-refractivity contribution in [2.75, 3.05) is 32.2 Å². The van der Waals surface area contributed by atoms with E-state index >= 15 is 0 Å². The Hall–Kier alpha value is -4.33. The number of carbonyl (C=O) groups excluding carboxylic acids is 3. The van der Waals surface area contributed by atoms with Crippen LogP contribution in [0.25, 0.3) is 0 Å². The highest BCUT2D eigenvalue weighted by Crippen LogP contribution is 2.45. The molecule has 8 heteroatoms. The highest BCUT2D eigenvalue weighted by molar-refractivity contribution is 6.16. The number of anilines is 1. The molecule has 0 saturated heterocycles. The Balaban J connectivity index is 1.24. The van der Waals surface area contributed by atoms with Crippen LogP contribution < -0.4 is 14.4 Å². The molecule has 6 rings (SSSR count). The van der Waals surface area contributed by atoms with Gasteiger partial charge in [-0.15, -0.1) is 0 Å². The Morgan fingerprint density at radius 1 is 0.892 bits per heavy atom. The predicted molar refractivity (Wildman–Crippen MR) is 137 cm³/mol. The third-order valence-corrected chi connectivity index (χ3v) is 7.52. The molecule has 1 unspecified atom stereocenters. The molecule has 3 aliphatic heterocycles. The van der Waals surface area contributed by atoms with E-state index in [9.17, 15) is 14.4 Å². The highest BCUT2D eigenvalue weighted by Gasteiger charge is 2.47. The number of rotatable bonds is 5. The summed E-state index contributed by atoms with van der Waals surface area (Å²) in [5.41, 5.74) is 4.63. The van der Waals surface area contributed by atoms with Crippen LogP contribution in [0.1, 0.15) is 50.0 Å². The molecule has 3 aromatic carbocycles. The van der Waals surface area contributed by atoms with E-state index < -0.39 is 6.17 Å². The molecule has 0 fully saturated rings. The molecule has 0 spiro atoms. The summed E-state index contributed by atoms with van der Waals surface area (Å²) in [6.45, 7) is 1.28. The van der Waals surface area contributed by atoms with E-state index in [1.165, 1.54) is 0 Å². The van der Waals surface area contributed by atoms with Gasteiger partial charge in [0.2, 0.25) is 5.91 Å². The number of nitrogens with zero attached hydrogens (tertiary/aromatic N) is 3. The Kier molecular flexibility index (Phi) is 5.59. The minimum absolute atomic E-state index is 0.0312. The Labute approximate surface area is 215 Å². The van der Waals surface area contributed by atoms with Crippen molar-refractivity contribution in [1.82, 2.24) is 9.80 Å². The SMILES string of the molecule is COc1cc2c(cc1OC)CN(C(=O)CCN1C(=O)c3ccccc3N3C(=O)c4ccccc4C13)CC2. The Bertz CT molecular complexity index is 1430. The van der Waals surface area contributed by atoms with Crippen molar-refractivity contribution in [3.8, 4) is 11.5 Å². The molecular weight excluding hydrogens is 470 g/mol. The Morgan fingerprint density at radius 3 is 2.32 bits per heavy atom. The molecule has 3 aliphatic rings. The first-order valence-electron chi connectivity index (χ1n) is 12.4. The van der Waals surface area contributed by atoms with Crippen LogP contribution in [-0.4, -0.2) is 54.8 Å². The van der Waals surface area contributed by atoms with E-state index in [1.807, 2.05) is 41.3 Å². The second-order valence-electron chi connectivity index (χ2n) is 9.44. The second kappa shape index (κ2) is 8.96. The molecule has 3 amide bonds. The number of carbonyl (C=O) groups is 3. The predicted octanol–water partition coefficient (Wildman–Crippen LogP) is 3.79. The smallest absolute Gasteiger partial charge is 0.260 e. The van der Waals surface area contributed by atoms with Crippen LogP contribution in [0.15, 0.2) is 60.7 Å². The van der Waals surface area contributed by atoms with Gasteiger partial charge in [-0.05, 0) is 47.9 Å². The molecule has 0 bridgehead atoms. The molecule has 188 valence electrons. The summed E-state index contributed by atoms with van der Waals surface area (Å²) < 4.78 is 10.9. The summed E-state index contributed by atoms with van der Waals surface area (Å²) in [5.74, 6) is 0.985. The summed E-state index contributed by atoms with van der Waals surface area (Å²) in [7, 11) is 3.21. The second-order valence-corrected chi connectivity index (χ2v) is 9.44. The van der Waals surface area contributed by atoms with Crippen LogP contribution in [0, 0.1) is 0 Å². The zero-order valence-electron chi connectivity index (χ0n) is 20.8. The lowest BCUT2D eigenvalue weighted by molar-refractivity contribution is -0.132. The van der Waals surface area contributed by atoms with Gasteiger partial charge in [0.25, 0.3) is 11.8 Å². The van der Waals surface area contributed by atoms with Crippen molar-refractivity contribution >= 4 is 23.4 Å². The monoisotopic (exact) mass is 497 g/mol. The van der Waals surface area contributed by atoms with Crippen LogP contribution in [0.2, 0.25) is 0 Å². The number of hydrogen-bond donors (Lipinski definition) is 0. The van der Waals surface area contributed by atoms with E-state index in [0.717, 1.165) is 23.1 Å². The Morgan fingerprint density at radius 2 is 1.57 bits per heavy atom. The molecule has 1 atom stereocenters. The molecule has 0 radical (unpaired) electrons. The van der Waals surface area contributed by atoms with Crippen LogP contribution in [0.4, 0.5) is 5.69 Å². The van der Waals surface area contributed by atoms with E-state index in [4.69, 9.17) is 9.47 Å². The third-order valence-electron chi connectivity index (χ3n) is 7.52. The third kappa shape index (κ3) is 3.63. The number of methoxy groups -OCH3 is 2. The standard InChI is InChI=1S/C29H27N3O5/c1-36-24-15-18-11-13-30(17-19(18)16-25(24)37-2)26(33)12-14-31-27-20-7-3-4-8-21(20)29(35)32(27)23-10-6-5-9-22(23)28(31)34/h3-10,15-16,27H,11-14,17H2,1-2H3. The zero-order chi connectivity index (χ0) is 25.7. The number of fused-ring (bicyclic) bond motifs is 6. The molecule has 8 nitrogen and oxygen atoms in total. The summed E-state index contributed by atoms with van der Waals surface area (Å²) in [6, 6.07) is 18.5. The minimum Gasteiger partial charge on any atom is -0.493 e. The molecule has 3 heterocycles. The van der Waals surface area contributed by atoms with Crippen molar-refractivity contribution in [3.05, 3.63) is 88.5 Å². The lowest BCUT2D eigenvalue weighted by Gasteiger charge is -2.41. The number of para-hydroxylation sites is 1. The molecule has 0 aromatic heterocycles. The van der Waals surface area contributed by atoms with Gasteiger partial charge in [-0.1, -0.05) is 30.3 Å². The lowest BCUT2D eigenvalue weighted by Crippen LogP contribution is -2.49. The van der Waals surface area contributed by atoms with Crippen LogP contribution in [0.5, 0.6) is 11.5 Å². The first kappa shape index (κ1) is 23.1. The average molecular weight is 498 g/mol. The fourth-order valence-corrected chi connectivity index (χ4v) is 5.67. The molecule has 3 aromatic rings. The summed E-state index contributed by atoms with van der Waals surface area (Å²) in [6.07, 6.45) is 0.324. The maximum absolute atomic E-state index is 13.6. The van der Waals surface area contributed by atoms with Gasteiger partial charge in [0.15, 0.2) is 11.5 Å². The van der Waals surface area contributed by atoms with Gasteiger partial charge in [0, 0.05) is 37.2 Å². The fraction of sp³-hybridized carbons (Fsp3) is 0.276. The molecule has 37 heavy (non-hydrogen) atoms. The van der Waals surface area contributed by atoms with E-state index in [0.29, 0.717) is 41.4 Å². The highest BCUT2D eigenvalue weighted by atomic mass is 16.5. The first-order chi connectivity index (χ1) is 18.0. The maximum atomic E-state index is 13.6. The van der Waals surface area contributed by atoms with E-state index in [-0.39, 0.29) is 30.7 Å². The van der Waals surface area contributed by atoms with Crippen LogP contribution in [-0.2, 0) is 17.8 Å². The van der Waals surface area contributed by atoms with Crippen molar-refractivity contribution in [1.29, 1.82) is 0 Å². The molecular formula is C29H27N3O5. The van der Waals surface area contributed by atoms with Crippen LogP contribution in [0.3, 0.4) is 0 Å². The van der Waals surface area contributed by atoms with Gasteiger partial charge in [0.1, 0.15) is 6.17 Å². The normalized spacial score (nSPS) is 17.7. The van der Waals surface area contributed by atoms with Gasteiger partial charge >= 0.3 is 0 Å². The summed E-state index contributed by atoms with van der Waals surface area (Å²) >= 11 is 0. The van der Waals surface area contributed by atoms with Gasteiger partial charge in [0.05, 0.1) is 25.5 Å². The van der Waals surface area contributed by atoms with Crippen LogP contribution >= 0.6 is 0 Å². The van der Waals surface area contributed by atoms with Crippen molar-refractivity contribution < 1.29 is 23.9 Å². The number of amides is 3. The first-order valence-corrected chi connectivity index (χ1v) is 12.4. The van der Waals surface area contributed by atoms with Crippen molar-refractivity contribution in [2.24, 2.45) is 0 Å². The maximum Gasteiger partial charge on any atom is 0.260 e. The fourth-order valence-electron chi connectivity index (χ4n) is 5.67. The number of hydrogen-bond acceptors (Lipinski definition) is 5. The van der Waals surface area contributed by atoms with E-state index in [2.05, 4.69) is 0 Å². The number of benzene rings is 3. The summed E-state index contributed by atoms with van der Waals surface area (Å²) in [4.78, 5) is 45.4. The van der Waals surface area contributed by atoms with Gasteiger partial charge in [-0.2, -0.15) is 0 Å². The van der Waals surface area contributed by atoms with Crippen molar-refractivity contribution in [2.45, 2.75) is 25.6 Å². The lowest BCUT2D eigenvalue weighted by atomic mass is 9.98. The largest absolute Gasteiger partial charge is 0.493 e. The average Bonchev–Trinajstić information content (AvgIpc) is 3.24. The van der Waals surface area contributed by atoms with Gasteiger partial charge in [-0.3, -0.25) is 19.3 Å². The molecule has 0 aliphatic carbocycles. The quantitative estimate of drug-likeness (QED) is 0.536. The van der Waals surface area contributed by atoms with Crippen molar-refractivity contribution in [3.63, 3.8) is 0 Å². The van der Waals surface area contributed by atoms with Gasteiger partial charge < -0.3 is 19.3 Å². The zero-order valence-corrected chi connectivity index (χ0v) is 20.8. The minimum atomic E-state index is -0.558. The number of ether oxygens (including phenoxy) is 2. The van der Waals surface area contributed by atoms with E-state index in [1.54, 1.807) is 48.3 Å².